The SMILES string of the molecule is C1=C(c2cc(-c3cccnc3)no2)CCN(Cc2c[nH]c3ncccc23)C1. The molecule has 0 atom stereocenters. The summed E-state index contributed by atoms with van der Waals surface area (Å²) in [5.74, 6) is 0.852. The summed E-state index contributed by atoms with van der Waals surface area (Å²) in [4.78, 5) is 14.2. The van der Waals surface area contributed by atoms with Crippen LogP contribution in [0.15, 0.2) is 65.7 Å². The third-order valence-electron chi connectivity index (χ3n) is 5.01. The van der Waals surface area contributed by atoms with Crippen LogP contribution in [-0.2, 0) is 6.54 Å². The fraction of sp³-hybridized carbons (Fsp3) is 0.190. The molecule has 6 nitrogen and oxygen atoms in total. The molecule has 6 heteroatoms. The van der Waals surface area contributed by atoms with Crippen molar-refractivity contribution in [1.82, 2.24) is 25.0 Å². The van der Waals surface area contributed by atoms with E-state index in [0.717, 1.165) is 48.7 Å². The van der Waals surface area contributed by atoms with E-state index in [-0.39, 0.29) is 0 Å². The molecule has 27 heavy (non-hydrogen) atoms. The lowest BCUT2D eigenvalue weighted by molar-refractivity contribution is 0.292. The first-order valence-corrected chi connectivity index (χ1v) is 9.07. The Balaban J connectivity index is 1.29. The Hall–Kier alpha value is -3.25. The van der Waals surface area contributed by atoms with E-state index in [9.17, 15) is 0 Å². The topological polar surface area (TPSA) is 70.8 Å². The van der Waals surface area contributed by atoms with Gasteiger partial charge in [0.2, 0.25) is 0 Å². The highest BCUT2D eigenvalue weighted by molar-refractivity contribution is 5.79. The second-order valence-electron chi connectivity index (χ2n) is 6.75. The molecule has 1 N–H and O–H groups in total. The molecule has 0 unspecified atom stereocenters. The summed E-state index contributed by atoms with van der Waals surface area (Å²) in [6, 6.07) is 10.00. The van der Waals surface area contributed by atoms with Crippen molar-refractivity contribution in [1.29, 1.82) is 0 Å². The van der Waals surface area contributed by atoms with E-state index in [4.69, 9.17) is 4.52 Å². The number of aromatic amines is 1. The van der Waals surface area contributed by atoms with Crippen molar-refractivity contribution >= 4 is 16.6 Å². The Morgan fingerprint density at radius 3 is 3.00 bits per heavy atom. The number of rotatable bonds is 4. The van der Waals surface area contributed by atoms with Crippen molar-refractivity contribution in [2.45, 2.75) is 13.0 Å². The number of fused-ring (bicyclic) bond motifs is 1. The summed E-state index contributed by atoms with van der Waals surface area (Å²) in [5, 5.41) is 5.39. The second kappa shape index (κ2) is 6.81. The van der Waals surface area contributed by atoms with Crippen molar-refractivity contribution in [2.75, 3.05) is 13.1 Å². The monoisotopic (exact) mass is 357 g/mol. The highest BCUT2D eigenvalue weighted by atomic mass is 16.5. The molecule has 0 bridgehead atoms. The minimum Gasteiger partial charge on any atom is -0.356 e. The lowest BCUT2D eigenvalue weighted by Crippen LogP contribution is -2.27. The molecule has 4 aromatic rings. The predicted molar refractivity (Wildman–Crippen MR) is 104 cm³/mol. The summed E-state index contributed by atoms with van der Waals surface area (Å²) in [5.41, 5.74) is 5.25. The van der Waals surface area contributed by atoms with Crippen LogP contribution in [0.5, 0.6) is 0 Å². The highest BCUT2D eigenvalue weighted by Crippen LogP contribution is 2.27. The summed E-state index contributed by atoms with van der Waals surface area (Å²) >= 11 is 0. The quantitative estimate of drug-likeness (QED) is 0.600. The third kappa shape index (κ3) is 3.15. The van der Waals surface area contributed by atoms with Crippen LogP contribution < -0.4 is 0 Å². The van der Waals surface area contributed by atoms with Gasteiger partial charge < -0.3 is 9.51 Å². The number of nitrogens with one attached hydrogen (secondary N) is 1. The second-order valence-corrected chi connectivity index (χ2v) is 6.75. The van der Waals surface area contributed by atoms with Gasteiger partial charge in [0.15, 0.2) is 5.76 Å². The first-order chi connectivity index (χ1) is 13.4. The molecule has 0 fully saturated rings. The Labute approximate surface area is 156 Å². The molecule has 0 spiro atoms. The standard InChI is InChI=1S/C21H19N5O/c1-3-16(12-22-7-1)19-11-20(27-25-19)15-5-9-26(10-6-15)14-17-13-24-21-18(17)4-2-8-23-21/h1-5,7-8,11-13H,6,9-10,14H2,(H,23,24). The van der Waals surface area contributed by atoms with Crippen LogP contribution in [0.25, 0.3) is 27.9 Å². The van der Waals surface area contributed by atoms with E-state index >= 15 is 0 Å². The summed E-state index contributed by atoms with van der Waals surface area (Å²) in [6.45, 7) is 2.79. The predicted octanol–water partition coefficient (Wildman–Crippen LogP) is 3.90. The van der Waals surface area contributed by atoms with Gasteiger partial charge in [-0.1, -0.05) is 11.2 Å². The maximum Gasteiger partial charge on any atom is 0.163 e. The number of H-pyrrole nitrogens is 1. The van der Waals surface area contributed by atoms with Crippen LogP contribution in [0.4, 0.5) is 0 Å². The molecule has 1 aliphatic rings. The van der Waals surface area contributed by atoms with Gasteiger partial charge >= 0.3 is 0 Å². The molecule has 0 aromatic carbocycles. The van der Waals surface area contributed by atoms with Gasteiger partial charge in [-0.05, 0) is 41.8 Å². The number of hydrogen-bond donors (Lipinski definition) is 1. The summed E-state index contributed by atoms with van der Waals surface area (Å²) in [7, 11) is 0. The molecule has 0 saturated carbocycles. The maximum absolute atomic E-state index is 5.58. The van der Waals surface area contributed by atoms with Crippen molar-refractivity contribution < 1.29 is 4.52 Å². The fourth-order valence-corrected chi connectivity index (χ4v) is 3.54. The highest BCUT2D eigenvalue weighted by Gasteiger charge is 2.18. The van der Waals surface area contributed by atoms with Gasteiger partial charge in [0.1, 0.15) is 11.3 Å². The van der Waals surface area contributed by atoms with Crippen LogP contribution in [0.3, 0.4) is 0 Å². The number of aromatic nitrogens is 4. The molecule has 4 aromatic heterocycles. The van der Waals surface area contributed by atoms with Crippen molar-refractivity contribution in [3.8, 4) is 11.3 Å². The Morgan fingerprint density at radius 1 is 1.19 bits per heavy atom. The normalized spacial score (nSPS) is 15.2. The molecule has 0 radical (unpaired) electrons. The first kappa shape index (κ1) is 16.0. The molecule has 0 saturated heterocycles. The van der Waals surface area contributed by atoms with E-state index in [1.807, 2.05) is 30.5 Å². The van der Waals surface area contributed by atoms with E-state index in [0.29, 0.717) is 0 Å². The van der Waals surface area contributed by atoms with Gasteiger partial charge in [-0.15, -0.1) is 0 Å². The van der Waals surface area contributed by atoms with Gasteiger partial charge in [0.25, 0.3) is 0 Å². The van der Waals surface area contributed by atoms with E-state index in [2.05, 4.69) is 43.3 Å². The Morgan fingerprint density at radius 2 is 2.15 bits per heavy atom. The van der Waals surface area contributed by atoms with Crippen LogP contribution in [0, 0.1) is 0 Å². The minimum absolute atomic E-state index is 0.827. The Kier molecular flexibility index (Phi) is 4.03. The molecule has 134 valence electrons. The van der Waals surface area contributed by atoms with Crippen LogP contribution in [-0.4, -0.2) is 38.1 Å². The van der Waals surface area contributed by atoms with Crippen LogP contribution >= 0.6 is 0 Å². The zero-order chi connectivity index (χ0) is 18.1. The molecule has 5 rings (SSSR count). The van der Waals surface area contributed by atoms with Crippen LogP contribution in [0.1, 0.15) is 17.7 Å². The van der Waals surface area contributed by atoms with Crippen molar-refractivity contribution in [2.24, 2.45) is 0 Å². The fourth-order valence-electron chi connectivity index (χ4n) is 3.54. The lowest BCUT2D eigenvalue weighted by Gasteiger charge is -2.25. The molecule has 0 aliphatic carbocycles. The van der Waals surface area contributed by atoms with Crippen LogP contribution in [0.2, 0.25) is 0 Å². The van der Waals surface area contributed by atoms with Crippen molar-refractivity contribution in [3.05, 3.63) is 72.5 Å². The van der Waals surface area contributed by atoms with Gasteiger partial charge in [0.05, 0.1) is 0 Å². The Bertz CT molecular complexity index is 1100. The average molecular weight is 357 g/mol. The average Bonchev–Trinajstić information content (AvgIpc) is 3.37. The van der Waals surface area contributed by atoms with Crippen molar-refractivity contribution in [3.63, 3.8) is 0 Å². The molecule has 5 heterocycles. The zero-order valence-electron chi connectivity index (χ0n) is 14.8. The van der Waals surface area contributed by atoms with E-state index < -0.39 is 0 Å². The van der Waals surface area contributed by atoms with Gasteiger partial charge in [0, 0.05) is 61.4 Å². The third-order valence-corrected chi connectivity index (χ3v) is 5.01. The van der Waals surface area contributed by atoms with Gasteiger partial charge in [-0.25, -0.2) is 4.98 Å². The first-order valence-electron chi connectivity index (χ1n) is 9.07. The maximum atomic E-state index is 5.58. The van der Waals surface area contributed by atoms with E-state index in [1.54, 1.807) is 12.4 Å². The molecular weight excluding hydrogens is 338 g/mol. The molecule has 1 aliphatic heterocycles. The summed E-state index contributed by atoms with van der Waals surface area (Å²) in [6.07, 6.45) is 10.6. The lowest BCUT2D eigenvalue weighted by atomic mass is 10.0. The number of hydrogen-bond acceptors (Lipinski definition) is 5. The largest absolute Gasteiger partial charge is 0.356 e. The smallest absolute Gasteiger partial charge is 0.163 e. The van der Waals surface area contributed by atoms with Gasteiger partial charge in [-0.2, -0.15) is 0 Å². The summed E-state index contributed by atoms with van der Waals surface area (Å²) < 4.78 is 5.58. The minimum atomic E-state index is 0.827. The number of pyridine rings is 2. The molecular formula is C21H19N5O. The van der Waals surface area contributed by atoms with Gasteiger partial charge in [-0.3, -0.25) is 9.88 Å². The number of nitrogens with zero attached hydrogens (tertiary/aromatic N) is 4. The van der Waals surface area contributed by atoms with E-state index in [1.165, 1.54) is 16.5 Å². The molecule has 0 amide bonds. The zero-order valence-corrected chi connectivity index (χ0v) is 14.8.